The molecule has 0 heterocycles. The smallest absolute Gasteiger partial charge is 1.00 e. The second kappa shape index (κ2) is 14.3. The molecule has 156 valence electrons. The van der Waals surface area contributed by atoms with Gasteiger partial charge in [0.15, 0.2) is 0 Å². The van der Waals surface area contributed by atoms with Crippen molar-refractivity contribution in [3.8, 4) is 0 Å². The van der Waals surface area contributed by atoms with Crippen LogP contribution in [0.5, 0.6) is 0 Å². The Labute approximate surface area is 209 Å². The summed E-state index contributed by atoms with van der Waals surface area (Å²) >= 11 is 0. The minimum absolute atomic E-state index is 0. The van der Waals surface area contributed by atoms with E-state index in [0.717, 1.165) is 0 Å². The molecule has 0 aromatic heterocycles. The molecule has 29 heavy (non-hydrogen) atoms. The van der Waals surface area contributed by atoms with Gasteiger partial charge in [-0.1, -0.05) is 75.4 Å². The molecule has 3 heteroatoms. The monoisotopic (exact) mass is 503 g/mol. The molecule has 0 N–H and O–H groups in total. The van der Waals surface area contributed by atoms with Crippen molar-refractivity contribution in [1.29, 1.82) is 0 Å². The Morgan fingerprint density at radius 2 is 1.28 bits per heavy atom. The number of halogens is 2. The van der Waals surface area contributed by atoms with E-state index in [0.29, 0.717) is 11.3 Å². The van der Waals surface area contributed by atoms with Crippen LogP contribution in [-0.2, 0) is 26.2 Å². The van der Waals surface area contributed by atoms with Crippen molar-refractivity contribution in [2.24, 2.45) is 11.3 Å². The Hall–Kier alpha value is -0.747. The maximum absolute atomic E-state index is 3.26. The fourth-order valence-electron chi connectivity index (χ4n) is 2.96. The molecular weight excluding hydrogens is 474 g/mol. The molecule has 1 aliphatic carbocycles. The normalized spacial score (nSPS) is 14.3. The first-order valence-electron chi connectivity index (χ1n) is 9.45. The predicted molar refractivity (Wildman–Crippen MR) is 117 cm³/mol. The average Bonchev–Trinajstić information content (AvgIpc) is 3.19. The van der Waals surface area contributed by atoms with E-state index in [2.05, 4.69) is 101 Å². The average molecular weight is 506 g/mol. The summed E-state index contributed by atoms with van der Waals surface area (Å²) in [4.78, 5) is 0. The van der Waals surface area contributed by atoms with Crippen LogP contribution >= 0.6 is 0 Å². The molecule has 0 spiro atoms. The van der Waals surface area contributed by atoms with Gasteiger partial charge in [-0.15, -0.1) is 39.7 Å². The molecule has 1 atom stereocenters. The molecule has 1 unspecified atom stereocenters. The van der Waals surface area contributed by atoms with Gasteiger partial charge in [-0.25, -0.2) is 6.08 Å². The van der Waals surface area contributed by atoms with Crippen LogP contribution in [0.4, 0.5) is 0 Å². The second-order valence-corrected chi connectivity index (χ2v) is 7.87. The quantitative estimate of drug-likeness (QED) is 0.410. The fourth-order valence-corrected chi connectivity index (χ4v) is 2.96. The molecule has 0 fully saturated rings. The number of hydrogen-bond donors (Lipinski definition) is 0. The first kappa shape index (κ1) is 30.4. The maximum Gasteiger partial charge on any atom is 2.00 e. The summed E-state index contributed by atoms with van der Waals surface area (Å²) < 4.78 is 0. The summed E-state index contributed by atoms with van der Waals surface area (Å²) in [6, 6.07) is 19.3. The molecule has 3 aromatic carbocycles. The number of fused-ring (bicyclic) bond motifs is 3. The van der Waals surface area contributed by atoms with E-state index in [1.165, 1.54) is 27.1 Å². The van der Waals surface area contributed by atoms with Crippen molar-refractivity contribution in [3.05, 3.63) is 84.8 Å². The van der Waals surface area contributed by atoms with Crippen LogP contribution in [0.1, 0.15) is 41.5 Å². The number of benzene rings is 2. The standard InChI is InChI=1S/C13H9.C10H15.C3H7.2ClH.Zr/c1-3-7-12-10(5-1)9-11-6-2-4-8-13(11)12;1-8-5-6-9(7-8)10(2,3)4;1-3-2;;;/h1-9H;6-8H,1-4H3;3H,1-2H3;2*1H;/q3*-1;;;+2/p-2. The molecular formula is C26H31Cl2Zr-3. The van der Waals surface area contributed by atoms with Gasteiger partial charge in [0.25, 0.3) is 0 Å². The van der Waals surface area contributed by atoms with Gasteiger partial charge in [0, 0.05) is 0 Å². The molecule has 0 nitrogen and oxygen atoms in total. The zero-order valence-corrected chi connectivity index (χ0v) is 22.2. The van der Waals surface area contributed by atoms with Gasteiger partial charge in [0.2, 0.25) is 0 Å². The van der Waals surface area contributed by atoms with E-state index < -0.39 is 0 Å². The Balaban J connectivity index is 0. The fraction of sp³-hybridized carbons (Fsp3) is 0.308. The molecule has 3 aromatic rings. The molecule has 0 saturated carbocycles. The van der Waals surface area contributed by atoms with Crippen molar-refractivity contribution >= 4 is 21.5 Å². The van der Waals surface area contributed by atoms with Crippen LogP contribution in [0.2, 0.25) is 0 Å². The van der Waals surface area contributed by atoms with Gasteiger partial charge in [-0.2, -0.15) is 25.5 Å². The van der Waals surface area contributed by atoms with Crippen molar-refractivity contribution in [3.63, 3.8) is 0 Å². The third kappa shape index (κ3) is 8.87. The largest absolute Gasteiger partial charge is 2.00 e. The predicted octanol–water partition coefficient (Wildman–Crippen LogP) is 1.92. The van der Waals surface area contributed by atoms with Gasteiger partial charge in [-0.3, -0.25) is 6.08 Å². The van der Waals surface area contributed by atoms with E-state index in [-0.39, 0.29) is 51.0 Å². The number of hydrogen-bond acceptors (Lipinski definition) is 0. The molecule has 0 aliphatic heterocycles. The Bertz CT molecular complexity index is 847. The Morgan fingerprint density at radius 3 is 1.59 bits per heavy atom. The van der Waals surface area contributed by atoms with Gasteiger partial charge in [-0.05, 0) is 0 Å². The van der Waals surface area contributed by atoms with E-state index in [1.54, 1.807) is 0 Å². The number of rotatable bonds is 0. The SMILES string of the molecule is CC1[C-]=CC(C(C)(C)C)=C1.C[CH-]C.[Cl-].[Cl-].[Zr+2].c1ccc2c(c1)[cH-]c1ccccc12. The minimum Gasteiger partial charge on any atom is -1.00 e. The second-order valence-electron chi connectivity index (χ2n) is 7.87. The summed E-state index contributed by atoms with van der Waals surface area (Å²) in [6.45, 7) is 12.9. The van der Waals surface area contributed by atoms with Crippen molar-refractivity contribution in [2.75, 3.05) is 0 Å². The van der Waals surface area contributed by atoms with Crippen LogP contribution in [0.15, 0.2) is 72.3 Å². The summed E-state index contributed by atoms with van der Waals surface area (Å²) in [6.07, 6.45) is 9.65. The van der Waals surface area contributed by atoms with Gasteiger partial charge < -0.3 is 31.2 Å². The molecule has 0 amide bonds. The van der Waals surface area contributed by atoms with Crippen LogP contribution in [0.25, 0.3) is 21.5 Å². The Morgan fingerprint density at radius 1 is 0.862 bits per heavy atom. The molecule has 4 rings (SSSR count). The summed E-state index contributed by atoms with van der Waals surface area (Å²) in [5, 5.41) is 5.39. The summed E-state index contributed by atoms with van der Waals surface area (Å²) in [7, 11) is 0. The van der Waals surface area contributed by atoms with Crippen molar-refractivity contribution in [2.45, 2.75) is 41.5 Å². The zero-order valence-electron chi connectivity index (χ0n) is 18.3. The van der Waals surface area contributed by atoms with Crippen molar-refractivity contribution < 1.29 is 51.0 Å². The molecule has 0 saturated heterocycles. The summed E-state index contributed by atoms with van der Waals surface area (Å²) in [5.41, 5.74) is 1.72. The molecule has 0 bridgehead atoms. The number of allylic oxidation sites excluding steroid dienone is 4. The molecule has 0 radical (unpaired) electrons. The Kier molecular flexibility index (Phi) is 15.0. The van der Waals surface area contributed by atoms with Crippen molar-refractivity contribution in [1.82, 2.24) is 0 Å². The van der Waals surface area contributed by atoms with Gasteiger partial charge in [0.05, 0.1) is 0 Å². The van der Waals surface area contributed by atoms with E-state index >= 15 is 0 Å². The molecule has 1 aliphatic rings. The van der Waals surface area contributed by atoms with E-state index in [4.69, 9.17) is 0 Å². The van der Waals surface area contributed by atoms with E-state index in [1.807, 2.05) is 20.3 Å². The van der Waals surface area contributed by atoms with Crippen LogP contribution in [-0.4, -0.2) is 0 Å². The third-order valence-corrected chi connectivity index (χ3v) is 4.32. The van der Waals surface area contributed by atoms with Crippen LogP contribution in [0, 0.1) is 23.8 Å². The first-order valence-corrected chi connectivity index (χ1v) is 9.45. The van der Waals surface area contributed by atoms with Gasteiger partial charge >= 0.3 is 26.2 Å². The zero-order chi connectivity index (χ0) is 19.2. The maximum atomic E-state index is 3.26. The van der Waals surface area contributed by atoms with Gasteiger partial charge in [0.1, 0.15) is 0 Å². The summed E-state index contributed by atoms with van der Waals surface area (Å²) in [5.74, 6) is 0.522. The van der Waals surface area contributed by atoms with Crippen LogP contribution in [0.3, 0.4) is 0 Å². The minimum atomic E-state index is 0. The topological polar surface area (TPSA) is 0 Å². The van der Waals surface area contributed by atoms with Crippen LogP contribution < -0.4 is 24.8 Å². The third-order valence-electron chi connectivity index (χ3n) is 4.32. The first-order chi connectivity index (χ1) is 12.4. The van der Waals surface area contributed by atoms with E-state index in [9.17, 15) is 0 Å².